The minimum Gasteiger partial charge on any atom is -0.294 e. The third kappa shape index (κ3) is 4.44. The average molecular weight is 432 g/mol. The normalized spacial score (nSPS) is 13.9. The number of hydrogen-bond donors (Lipinski definition) is 0. The molecule has 0 spiro atoms. The first-order valence-corrected chi connectivity index (χ1v) is 10.7. The van der Waals surface area contributed by atoms with Crippen LogP contribution in [0.3, 0.4) is 0 Å². The summed E-state index contributed by atoms with van der Waals surface area (Å²) >= 11 is 5.94. The largest absolute Gasteiger partial charge is 0.294 e. The number of hydrogen-bond acceptors (Lipinski definition) is 3. The maximum absolute atomic E-state index is 12.7. The molecule has 2 amide bonds. The van der Waals surface area contributed by atoms with Crippen molar-refractivity contribution < 1.29 is 14.4 Å². The average Bonchev–Trinajstić information content (AvgIpc) is 3.03. The summed E-state index contributed by atoms with van der Waals surface area (Å²) in [6.07, 6.45) is 0.948. The van der Waals surface area contributed by atoms with Crippen LogP contribution < -0.4 is 0 Å². The number of amides is 2. The van der Waals surface area contributed by atoms with Crippen molar-refractivity contribution in [2.24, 2.45) is 5.92 Å². The van der Waals surface area contributed by atoms with Gasteiger partial charge in [0.1, 0.15) is 0 Å². The molecular formula is C26H22ClNO3. The molecule has 0 aliphatic carbocycles. The van der Waals surface area contributed by atoms with Gasteiger partial charge in [-0.1, -0.05) is 67.1 Å². The number of benzene rings is 3. The van der Waals surface area contributed by atoms with Crippen LogP contribution in [0.1, 0.15) is 50.8 Å². The summed E-state index contributed by atoms with van der Waals surface area (Å²) in [6.45, 7) is 2.29. The maximum atomic E-state index is 12.7. The number of imide groups is 1. The van der Waals surface area contributed by atoms with Crippen LogP contribution in [-0.4, -0.2) is 29.0 Å². The molecule has 3 aromatic carbocycles. The van der Waals surface area contributed by atoms with Crippen molar-refractivity contribution in [2.75, 3.05) is 6.54 Å². The Balaban J connectivity index is 1.33. The monoisotopic (exact) mass is 431 g/mol. The van der Waals surface area contributed by atoms with Crippen molar-refractivity contribution in [3.8, 4) is 11.1 Å². The van der Waals surface area contributed by atoms with E-state index in [4.69, 9.17) is 11.6 Å². The van der Waals surface area contributed by atoms with E-state index in [1.807, 2.05) is 55.5 Å². The molecular weight excluding hydrogens is 410 g/mol. The molecule has 0 bridgehead atoms. The zero-order chi connectivity index (χ0) is 22.0. The highest BCUT2D eigenvalue weighted by atomic mass is 35.5. The van der Waals surface area contributed by atoms with Gasteiger partial charge in [0.2, 0.25) is 0 Å². The molecule has 4 nitrogen and oxygen atoms in total. The molecule has 0 saturated carbocycles. The predicted octanol–water partition coefficient (Wildman–Crippen LogP) is 5.90. The maximum Gasteiger partial charge on any atom is 0.261 e. The van der Waals surface area contributed by atoms with Crippen LogP contribution in [0.4, 0.5) is 0 Å². The van der Waals surface area contributed by atoms with Crippen molar-refractivity contribution in [3.63, 3.8) is 0 Å². The van der Waals surface area contributed by atoms with Crippen LogP contribution >= 0.6 is 11.6 Å². The van der Waals surface area contributed by atoms with Crippen molar-refractivity contribution in [2.45, 2.75) is 19.8 Å². The van der Waals surface area contributed by atoms with E-state index in [1.54, 1.807) is 24.3 Å². The van der Waals surface area contributed by atoms with Crippen LogP contribution in [0.5, 0.6) is 0 Å². The summed E-state index contributed by atoms with van der Waals surface area (Å²) in [6, 6.07) is 22.0. The molecule has 1 unspecified atom stereocenters. The van der Waals surface area contributed by atoms with E-state index in [-0.39, 0.29) is 23.5 Å². The fraction of sp³-hybridized carbons (Fsp3) is 0.192. The Morgan fingerprint density at radius 1 is 0.839 bits per heavy atom. The molecule has 1 aliphatic rings. The zero-order valence-corrected chi connectivity index (χ0v) is 17.9. The standard InChI is InChI=1S/C26H22ClNO3/c1-17(14-15-28-25(30)22-4-2-3-5-23(22)26(28)31)16-24(29)20-8-6-18(7-9-20)19-10-12-21(27)13-11-19/h2-13,17H,14-16H2,1H3. The van der Waals surface area contributed by atoms with Crippen LogP contribution in [0.25, 0.3) is 11.1 Å². The summed E-state index contributed by atoms with van der Waals surface area (Å²) in [5.74, 6) is -0.404. The SMILES string of the molecule is CC(CCN1C(=O)c2ccccc2C1=O)CC(=O)c1ccc(-c2ccc(Cl)cc2)cc1. The van der Waals surface area contributed by atoms with Gasteiger partial charge < -0.3 is 0 Å². The number of rotatable bonds is 7. The van der Waals surface area contributed by atoms with E-state index >= 15 is 0 Å². The van der Waals surface area contributed by atoms with Gasteiger partial charge in [-0.3, -0.25) is 19.3 Å². The van der Waals surface area contributed by atoms with Gasteiger partial charge >= 0.3 is 0 Å². The summed E-state index contributed by atoms with van der Waals surface area (Å²) in [5.41, 5.74) is 3.63. The van der Waals surface area contributed by atoms with Crippen molar-refractivity contribution in [3.05, 3.63) is 94.5 Å². The summed E-state index contributed by atoms with van der Waals surface area (Å²) in [4.78, 5) is 38.9. The second kappa shape index (κ2) is 8.86. The van der Waals surface area contributed by atoms with Crippen molar-refractivity contribution in [1.82, 2.24) is 4.90 Å². The molecule has 0 N–H and O–H groups in total. The fourth-order valence-corrected chi connectivity index (χ4v) is 3.95. The number of carbonyl (C=O) groups excluding carboxylic acids is 3. The lowest BCUT2D eigenvalue weighted by Gasteiger charge is -2.17. The van der Waals surface area contributed by atoms with Crippen LogP contribution in [0.15, 0.2) is 72.8 Å². The minimum absolute atomic E-state index is 0.0488. The van der Waals surface area contributed by atoms with Crippen LogP contribution in [-0.2, 0) is 0 Å². The Kier molecular flexibility index (Phi) is 6.01. The van der Waals surface area contributed by atoms with E-state index in [0.717, 1.165) is 11.1 Å². The highest BCUT2D eigenvalue weighted by Gasteiger charge is 2.34. The first-order valence-electron chi connectivity index (χ1n) is 10.3. The lowest BCUT2D eigenvalue weighted by atomic mass is 9.95. The molecule has 156 valence electrons. The van der Waals surface area contributed by atoms with Gasteiger partial charge in [0.05, 0.1) is 11.1 Å². The number of ketones is 1. The third-order valence-electron chi connectivity index (χ3n) is 5.64. The van der Waals surface area contributed by atoms with Gasteiger partial charge in [-0.15, -0.1) is 0 Å². The summed E-state index contributed by atoms with van der Waals surface area (Å²) in [5, 5.41) is 0.686. The molecule has 5 heteroatoms. The second-order valence-electron chi connectivity index (χ2n) is 7.91. The molecule has 1 heterocycles. The molecule has 31 heavy (non-hydrogen) atoms. The molecule has 0 radical (unpaired) electrons. The molecule has 4 rings (SSSR count). The van der Waals surface area contributed by atoms with E-state index in [0.29, 0.717) is 41.1 Å². The Labute approximate surface area is 186 Å². The van der Waals surface area contributed by atoms with E-state index < -0.39 is 0 Å². The van der Waals surface area contributed by atoms with Gasteiger partial charge in [-0.25, -0.2) is 0 Å². The molecule has 1 aliphatic heterocycles. The van der Waals surface area contributed by atoms with Gasteiger partial charge in [-0.05, 0) is 47.7 Å². The molecule has 0 saturated heterocycles. The van der Waals surface area contributed by atoms with Crippen LogP contribution in [0, 0.1) is 5.92 Å². The van der Waals surface area contributed by atoms with Gasteiger partial charge in [-0.2, -0.15) is 0 Å². The van der Waals surface area contributed by atoms with Gasteiger partial charge in [0, 0.05) is 23.6 Å². The summed E-state index contributed by atoms with van der Waals surface area (Å²) in [7, 11) is 0. The zero-order valence-electron chi connectivity index (χ0n) is 17.2. The first kappa shape index (κ1) is 21.0. The molecule has 0 aromatic heterocycles. The summed E-state index contributed by atoms with van der Waals surface area (Å²) < 4.78 is 0. The predicted molar refractivity (Wildman–Crippen MR) is 121 cm³/mol. The lowest BCUT2D eigenvalue weighted by Crippen LogP contribution is -2.31. The van der Waals surface area contributed by atoms with Crippen molar-refractivity contribution in [1.29, 1.82) is 0 Å². The van der Waals surface area contributed by atoms with Gasteiger partial charge in [0.25, 0.3) is 11.8 Å². The fourth-order valence-electron chi connectivity index (χ4n) is 3.82. The van der Waals surface area contributed by atoms with E-state index in [2.05, 4.69) is 0 Å². The molecule has 3 aromatic rings. The van der Waals surface area contributed by atoms with E-state index in [9.17, 15) is 14.4 Å². The van der Waals surface area contributed by atoms with Crippen molar-refractivity contribution >= 4 is 29.2 Å². The number of Topliss-reactive ketones (excluding diaryl/α,β-unsaturated/α-hetero) is 1. The Bertz CT molecular complexity index is 1100. The Morgan fingerprint density at radius 3 is 1.90 bits per heavy atom. The number of carbonyl (C=O) groups is 3. The highest BCUT2D eigenvalue weighted by molar-refractivity contribution is 6.30. The first-order chi connectivity index (χ1) is 14.9. The van der Waals surface area contributed by atoms with Crippen LogP contribution in [0.2, 0.25) is 5.02 Å². The number of nitrogens with zero attached hydrogens (tertiary/aromatic N) is 1. The quantitative estimate of drug-likeness (QED) is 0.345. The third-order valence-corrected chi connectivity index (χ3v) is 5.89. The Hall–Kier alpha value is -3.24. The number of fused-ring (bicyclic) bond motifs is 1. The smallest absolute Gasteiger partial charge is 0.261 e. The highest BCUT2D eigenvalue weighted by Crippen LogP contribution is 2.25. The van der Waals surface area contributed by atoms with E-state index in [1.165, 1.54) is 4.90 Å². The lowest BCUT2D eigenvalue weighted by molar-refractivity contribution is 0.0646. The second-order valence-corrected chi connectivity index (χ2v) is 8.35. The molecule has 1 atom stereocenters. The Morgan fingerprint density at radius 2 is 1.35 bits per heavy atom. The number of halogens is 1. The topological polar surface area (TPSA) is 54.5 Å². The van der Waals surface area contributed by atoms with Gasteiger partial charge in [0.15, 0.2) is 5.78 Å². The molecule has 0 fully saturated rings. The minimum atomic E-state index is -0.253.